The molecule has 0 spiro atoms. The summed E-state index contributed by atoms with van der Waals surface area (Å²) in [6, 6.07) is 8.74. The van der Waals surface area contributed by atoms with E-state index in [0.29, 0.717) is 41.5 Å². The molecule has 1 fully saturated rings. The van der Waals surface area contributed by atoms with Crippen molar-refractivity contribution < 1.29 is 24.1 Å². The number of hydrogen-bond donors (Lipinski definition) is 1. The van der Waals surface area contributed by atoms with Gasteiger partial charge in [0, 0.05) is 30.9 Å². The summed E-state index contributed by atoms with van der Waals surface area (Å²) in [5, 5.41) is 10.5. The zero-order valence-electron chi connectivity index (χ0n) is 15.7. The molecular formula is C20H24N2O5. The Labute approximate surface area is 158 Å². The molecule has 7 heteroatoms. The smallest absolute Gasteiger partial charge is 0.255 e. The Morgan fingerprint density at radius 3 is 2.67 bits per heavy atom. The van der Waals surface area contributed by atoms with Gasteiger partial charge in [0.2, 0.25) is 0 Å². The lowest BCUT2D eigenvalue weighted by Gasteiger charge is -2.36. The van der Waals surface area contributed by atoms with E-state index in [1.54, 1.807) is 62.6 Å². The summed E-state index contributed by atoms with van der Waals surface area (Å²) in [6.07, 6.45) is 1.000. The Hall–Kier alpha value is -2.80. The van der Waals surface area contributed by atoms with Gasteiger partial charge in [-0.1, -0.05) is 0 Å². The van der Waals surface area contributed by atoms with E-state index in [2.05, 4.69) is 4.98 Å². The minimum absolute atomic E-state index is 0.121. The van der Waals surface area contributed by atoms with Crippen LogP contribution in [0.2, 0.25) is 0 Å². The number of rotatable bonds is 5. The van der Waals surface area contributed by atoms with Crippen LogP contribution in [0.4, 0.5) is 0 Å². The topological polar surface area (TPSA) is 81.1 Å². The van der Waals surface area contributed by atoms with Gasteiger partial charge in [0.1, 0.15) is 18.0 Å². The summed E-state index contributed by atoms with van der Waals surface area (Å²) in [7, 11) is 3.12. The van der Waals surface area contributed by atoms with Gasteiger partial charge in [0.05, 0.1) is 26.3 Å². The van der Waals surface area contributed by atoms with E-state index >= 15 is 0 Å². The summed E-state index contributed by atoms with van der Waals surface area (Å²) in [5.74, 6) is 1.63. The number of piperidine rings is 1. The fourth-order valence-corrected chi connectivity index (χ4v) is 3.18. The zero-order chi connectivity index (χ0) is 19.4. The average molecular weight is 372 g/mol. The highest BCUT2D eigenvalue weighted by atomic mass is 16.5. The fraction of sp³-hybridized carbons (Fsp3) is 0.400. The maximum Gasteiger partial charge on any atom is 0.255 e. The van der Waals surface area contributed by atoms with Gasteiger partial charge in [-0.3, -0.25) is 9.78 Å². The molecule has 7 nitrogen and oxygen atoms in total. The molecule has 3 rings (SSSR count). The molecule has 2 aromatic rings. The lowest BCUT2D eigenvalue weighted by molar-refractivity contribution is -0.0200. The maximum atomic E-state index is 12.7. The number of benzene rings is 1. The third-order valence-electron chi connectivity index (χ3n) is 4.69. The number of ether oxygens (including phenoxy) is 3. The van der Waals surface area contributed by atoms with E-state index in [1.165, 1.54) is 0 Å². The van der Waals surface area contributed by atoms with Crippen LogP contribution in [0, 0.1) is 6.92 Å². The molecule has 1 amide bonds. The van der Waals surface area contributed by atoms with Crippen LogP contribution >= 0.6 is 0 Å². The summed E-state index contributed by atoms with van der Waals surface area (Å²) < 4.78 is 16.4. The molecule has 2 atom stereocenters. The average Bonchev–Trinajstić information content (AvgIpc) is 2.69. The van der Waals surface area contributed by atoms with E-state index in [4.69, 9.17) is 14.2 Å². The monoisotopic (exact) mass is 372 g/mol. The SMILES string of the molecule is COc1ccc(O[C@@H]2CCN(C(=O)c3cccnc3C)C[C@H]2O)cc1OC. The third kappa shape index (κ3) is 4.14. The zero-order valence-corrected chi connectivity index (χ0v) is 15.7. The van der Waals surface area contributed by atoms with Gasteiger partial charge in [-0.05, 0) is 31.2 Å². The van der Waals surface area contributed by atoms with Crippen molar-refractivity contribution in [2.75, 3.05) is 27.3 Å². The van der Waals surface area contributed by atoms with Crippen LogP contribution in [0.25, 0.3) is 0 Å². The van der Waals surface area contributed by atoms with Crippen LogP contribution in [0.5, 0.6) is 17.2 Å². The van der Waals surface area contributed by atoms with Crippen molar-refractivity contribution in [2.24, 2.45) is 0 Å². The maximum absolute atomic E-state index is 12.7. The molecular weight excluding hydrogens is 348 g/mol. The van der Waals surface area contributed by atoms with Crippen LogP contribution in [0.3, 0.4) is 0 Å². The second-order valence-corrected chi connectivity index (χ2v) is 6.42. The number of aliphatic hydroxyl groups is 1. The van der Waals surface area contributed by atoms with Gasteiger partial charge in [-0.15, -0.1) is 0 Å². The van der Waals surface area contributed by atoms with Crippen molar-refractivity contribution in [1.82, 2.24) is 9.88 Å². The Kier molecular flexibility index (Phi) is 5.81. The molecule has 1 saturated heterocycles. The van der Waals surface area contributed by atoms with Gasteiger partial charge in [-0.25, -0.2) is 0 Å². The molecule has 0 radical (unpaired) electrons. The molecule has 0 aliphatic carbocycles. The number of carbonyl (C=O) groups excluding carboxylic acids is 1. The first-order valence-corrected chi connectivity index (χ1v) is 8.81. The number of hydrogen-bond acceptors (Lipinski definition) is 6. The quantitative estimate of drug-likeness (QED) is 0.865. The van der Waals surface area contributed by atoms with Crippen molar-refractivity contribution >= 4 is 5.91 Å². The van der Waals surface area contributed by atoms with Crippen LogP contribution in [0.1, 0.15) is 22.5 Å². The van der Waals surface area contributed by atoms with Crippen LogP contribution in [0.15, 0.2) is 36.5 Å². The summed E-state index contributed by atoms with van der Waals surface area (Å²) in [4.78, 5) is 18.5. The molecule has 1 N–H and O–H groups in total. The molecule has 1 aromatic carbocycles. The number of aliphatic hydroxyl groups excluding tert-OH is 1. The second-order valence-electron chi connectivity index (χ2n) is 6.42. The number of aromatic nitrogens is 1. The minimum Gasteiger partial charge on any atom is -0.493 e. The predicted molar refractivity (Wildman–Crippen MR) is 99.5 cm³/mol. The highest BCUT2D eigenvalue weighted by Gasteiger charge is 2.32. The number of carbonyl (C=O) groups is 1. The number of amides is 1. The van der Waals surface area contributed by atoms with Crippen molar-refractivity contribution in [3.05, 3.63) is 47.8 Å². The van der Waals surface area contributed by atoms with Gasteiger partial charge < -0.3 is 24.2 Å². The van der Waals surface area contributed by atoms with Crippen molar-refractivity contribution in [3.8, 4) is 17.2 Å². The first-order chi connectivity index (χ1) is 13.0. The number of aryl methyl sites for hydroxylation is 1. The third-order valence-corrected chi connectivity index (χ3v) is 4.69. The van der Waals surface area contributed by atoms with E-state index in [-0.39, 0.29) is 12.5 Å². The van der Waals surface area contributed by atoms with Crippen molar-refractivity contribution in [3.63, 3.8) is 0 Å². The molecule has 1 aliphatic heterocycles. The molecule has 0 bridgehead atoms. The molecule has 2 heterocycles. The van der Waals surface area contributed by atoms with Crippen LogP contribution in [-0.4, -0.2) is 60.4 Å². The van der Waals surface area contributed by atoms with E-state index in [0.717, 1.165) is 0 Å². The van der Waals surface area contributed by atoms with Gasteiger partial charge in [0.15, 0.2) is 11.5 Å². The number of pyridine rings is 1. The lowest BCUT2D eigenvalue weighted by Crippen LogP contribution is -2.51. The molecule has 0 saturated carbocycles. The Morgan fingerprint density at radius 1 is 1.22 bits per heavy atom. The van der Waals surface area contributed by atoms with Gasteiger partial charge in [-0.2, -0.15) is 0 Å². The van der Waals surface area contributed by atoms with E-state index in [9.17, 15) is 9.90 Å². The van der Waals surface area contributed by atoms with Crippen molar-refractivity contribution in [2.45, 2.75) is 25.6 Å². The minimum atomic E-state index is -0.784. The number of methoxy groups -OCH3 is 2. The molecule has 1 aromatic heterocycles. The molecule has 0 unspecified atom stereocenters. The first kappa shape index (κ1) is 19.0. The van der Waals surface area contributed by atoms with Crippen LogP contribution < -0.4 is 14.2 Å². The Morgan fingerprint density at radius 2 is 2.00 bits per heavy atom. The van der Waals surface area contributed by atoms with E-state index in [1.807, 2.05) is 0 Å². The largest absolute Gasteiger partial charge is 0.493 e. The summed E-state index contributed by atoms with van der Waals surface area (Å²) >= 11 is 0. The van der Waals surface area contributed by atoms with Gasteiger partial charge >= 0.3 is 0 Å². The fourth-order valence-electron chi connectivity index (χ4n) is 3.18. The summed E-state index contributed by atoms with van der Waals surface area (Å²) in [5.41, 5.74) is 1.24. The first-order valence-electron chi connectivity index (χ1n) is 8.81. The molecule has 27 heavy (non-hydrogen) atoms. The number of likely N-dealkylation sites (tertiary alicyclic amines) is 1. The highest BCUT2D eigenvalue weighted by Crippen LogP contribution is 2.32. The van der Waals surface area contributed by atoms with Crippen molar-refractivity contribution in [1.29, 1.82) is 0 Å². The number of β-amino-alcohol motifs (C(OH)–C–C–N with tert-alkyl or cyclic N) is 1. The van der Waals surface area contributed by atoms with Crippen LogP contribution in [-0.2, 0) is 0 Å². The molecule has 144 valence electrons. The lowest BCUT2D eigenvalue weighted by atomic mass is 10.0. The highest BCUT2D eigenvalue weighted by molar-refractivity contribution is 5.95. The summed E-state index contributed by atoms with van der Waals surface area (Å²) in [6.45, 7) is 2.52. The number of nitrogens with zero attached hydrogens (tertiary/aromatic N) is 2. The standard InChI is InChI=1S/C20H24N2O5/c1-13-15(5-4-9-21-13)20(24)22-10-8-17(16(23)12-22)27-14-6-7-18(25-2)19(11-14)26-3/h4-7,9,11,16-17,23H,8,10,12H2,1-3H3/t16-,17-/m1/s1. The molecule has 1 aliphatic rings. The predicted octanol–water partition coefficient (Wildman–Crippen LogP) is 2.06. The normalized spacial score (nSPS) is 19.5. The van der Waals surface area contributed by atoms with Gasteiger partial charge in [0.25, 0.3) is 5.91 Å². The Balaban J connectivity index is 1.65. The second kappa shape index (κ2) is 8.26. The van der Waals surface area contributed by atoms with E-state index < -0.39 is 12.2 Å². The Bertz CT molecular complexity index is 811.